The third kappa shape index (κ3) is 1.67. The molecule has 0 saturated heterocycles. The predicted molar refractivity (Wildman–Crippen MR) is 70.9 cm³/mol. The van der Waals surface area contributed by atoms with Gasteiger partial charge in [-0.2, -0.15) is 0 Å². The first kappa shape index (κ1) is 11.6. The van der Waals surface area contributed by atoms with Crippen LogP contribution in [-0.4, -0.2) is 9.38 Å². The number of aryl methyl sites for hydroxylation is 1. The van der Waals surface area contributed by atoms with Gasteiger partial charge in [0.2, 0.25) is 0 Å². The highest BCUT2D eigenvalue weighted by atomic mass is 79.9. The molecule has 0 amide bonds. The summed E-state index contributed by atoms with van der Waals surface area (Å²) in [5.41, 5.74) is 3.47. The second-order valence-electron chi connectivity index (χ2n) is 4.85. The molecule has 2 heterocycles. The van der Waals surface area contributed by atoms with Crippen molar-refractivity contribution >= 4 is 21.6 Å². The average Bonchev–Trinajstić information content (AvgIpc) is 2.58. The molecule has 0 aliphatic heterocycles. The summed E-state index contributed by atoms with van der Waals surface area (Å²) in [7, 11) is 0. The number of imidazole rings is 1. The van der Waals surface area contributed by atoms with Crippen LogP contribution in [0.3, 0.4) is 0 Å². The Morgan fingerprint density at radius 1 is 1.38 bits per heavy atom. The number of rotatable bonds is 2. The lowest BCUT2D eigenvalue weighted by Gasteiger charge is -2.20. The highest BCUT2D eigenvalue weighted by molar-refractivity contribution is 9.10. The largest absolute Gasteiger partial charge is 0.291 e. The molecule has 3 heteroatoms. The fourth-order valence-corrected chi connectivity index (χ4v) is 2.90. The van der Waals surface area contributed by atoms with Crippen LogP contribution in [-0.2, 0) is 5.41 Å². The zero-order valence-electron chi connectivity index (χ0n) is 10.2. The van der Waals surface area contributed by atoms with Crippen LogP contribution in [0.5, 0.6) is 0 Å². The maximum absolute atomic E-state index is 4.73. The summed E-state index contributed by atoms with van der Waals surface area (Å²) < 4.78 is 3.25. The van der Waals surface area contributed by atoms with Gasteiger partial charge in [-0.05, 0) is 41.4 Å². The van der Waals surface area contributed by atoms with Gasteiger partial charge in [0.1, 0.15) is 10.3 Å². The summed E-state index contributed by atoms with van der Waals surface area (Å²) in [6.07, 6.45) is 1.08. The lowest BCUT2D eigenvalue weighted by atomic mass is 9.87. The van der Waals surface area contributed by atoms with E-state index in [2.05, 4.69) is 54.1 Å². The Kier molecular flexibility index (Phi) is 2.82. The van der Waals surface area contributed by atoms with Crippen LogP contribution in [0, 0.1) is 6.92 Å². The molecule has 0 saturated carbocycles. The van der Waals surface area contributed by atoms with Crippen molar-refractivity contribution < 1.29 is 0 Å². The topological polar surface area (TPSA) is 17.3 Å². The van der Waals surface area contributed by atoms with Gasteiger partial charge in [-0.15, -0.1) is 0 Å². The number of pyridine rings is 1. The van der Waals surface area contributed by atoms with E-state index >= 15 is 0 Å². The maximum atomic E-state index is 4.73. The van der Waals surface area contributed by atoms with E-state index < -0.39 is 0 Å². The van der Waals surface area contributed by atoms with Crippen molar-refractivity contribution in [3.05, 3.63) is 34.2 Å². The van der Waals surface area contributed by atoms with Crippen LogP contribution in [0.1, 0.15) is 38.6 Å². The van der Waals surface area contributed by atoms with Crippen molar-refractivity contribution in [2.75, 3.05) is 0 Å². The van der Waals surface area contributed by atoms with Crippen molar-refractivity contribution in [2.45, 2.75) is 39.5 Å². The van der Waals surface area contributed by atoms with E-state index in [1.165, 1.54) is 5.69 Å². The van der Waals surface area contributed by atoms with E-state index in [1.54, 1.807) is 0 Å². The fourth-order valence-electron chi connectivity index (χ4n) is 1.81. The van der Waals surface area contributed by atoms with Gasteiger partial charge < -0.3 is 0 Å². The van der Waals surface area contributed by atoms with Crippen LogP contribution >= 0.6 is 15.9 Å². The summed E-state index contributed by atoms with van der Waals surface area (Å²) in [4.78, 5) is 4.73. The first-order valence-corrected chi connectivity index (χ1v) is 6.40. The minimum atomic E-state index is 0.108. The lowest BCUT2D eigenvalue weighted by molar-refractivity contribution is 0.490. The van der Waals surface area contributed by atoms with Crippen LogP contribution in [0.15, 0.2) is 22.8 Å². The summed E-state index contributed by atoms with van der Waals surface area (Å²) >= 11 is 3.68. The van der Waals surface area contributed by atoms with E-state index in [1.807, 2.05) is 12.1 Å². The van der Waals surface area contributed by atoms with Crippen LogP contribution < -0.4 is 0 Å². The van der Waals surface area contributed by atoms with Gasteiger partial charge in [0, 0.05) is 11.1 Å². The minimum Gasteiger partial charge on any atom is -0.291 e. The molecular weight excluding hydrogens is 264 g/mol. The quantitative estimate of drug-likeness (QED) is 0.810. The molecule has 0 aliphatic rings. The fraction of sp³-hybridized carbons (Fsp3) is 0.462. The van der Waals surface area contributed by atoms with E-state index in [0.717, 1.165) is 22.4 Å². The number of nitrogens with zero attached hydrogens (tertiary/aromatic N) is 2. The first-order chi connectivity index (χ1) is 7.47. The highest BCUT2D eigenvalue weighted by Crippen LogP contribution is 2.33. The number of fused-ring (bicyclic) bond motifs is 1. The zero-order valence-corrected chi connectivity index (χ0v) is 11.8. The molecular formula is C13H17BrN2. The van der Waals surface area contributed by atoms with Gasteiger partial charge in [0.15, 0.2) is 0 Å². The van der Waals surface area contributed by atoms with Gasteiger partial charge in [0.25, 0.3) is 0 Å². The van der Waals surface area contributed by atoms with E-state index in [4.69, 9.17) is 4.98 Å². The Bertz CT molecular complexity index is 526. The molecule has 0 spiro atoms. The van der Waals surface area contributed by atoms with E-state index in [0.29, 0.717) is 0 Å². The van der Waals surface area contributed by atoms with E-state index in [9.17, 15) is 0 Å². The number of halogens is 1. The van der Waals surface area contributed by atoms with Crippen molar-refractivity contribution in [3.63, 3.8) is 0 Å². The Morgan fingerprint density at radius 3 is 2.62 bits per heavy atom. The van der Waals surface area contributed by atoms with Gasteiger partial charge >= 0.3 is 0 Å². The molecule has 0 aromatic carbocycles. The van der Waals surface area contributed by atoms with Crippen molar-refractivity contribution in [1.82, 2.24) is 9.38 Å². The molecule has 16 heavy (non-hydrogen) atoms. The Hall–Kier alpha value is -0.830. The second kappa shape index (κ2) is 3.88. The molecule has 86 valence electrons. The molecule has 2 aromatic rings. The third-order valence-electron chi connectivity index (χ3n) is 3.31. The third-order valence-corrected chi connectivity index (χ3v) is 4.04. The molecule has 2 rings (SSSR count). The van der Waals surface area contributed by atoms with Crippen LogP contribution in [0.4, 0.5) is 0 Å². The summed E-state index contributed by atoms with van der Waals surface area (Å²) in [6, 6.07) is 6.20. The first-order valence-electron chi connectivity index (χ1n) is 5.61. The van der Waals surface area contributed by atoms with Crippen molar-refractivity contribution in [2.24, 2.45) is 0 Å². The Balaban J connectivity index is 2.75. The standard InChI is InChI=1S/C13H17BrN2/c1-5-13(3,4)11-12(14)16-9(2)7-6-8-10(16)15-11/h6-8H,5H2,1-4H3. The monoisotopic (exact) mass is 280 g/mol. The lowest BCUT2D eigenvalue weighted by Crippen LogP contribution is -2.16. The maximum Gasteiger partial charge on any atom is 0.138 e. The van der Waals surface area contributed by atoms with E-state index in [-0.39, 0.29) is 5.41 Å². The molecule has 0 bridgehead atoms. The average molecular weight is 281 g/mol. The van der Waals surface area contributed by atoms with Gasteiger partial charge in [-0.3, -0.25) is 4.40 Å². The molecule has 0 atom stereocenters. The summed E-state index contributed by atoms with van der Waals surface area (Å²) in [5.74, 6) is 0. The Labute approximate surface area is 105 Å². The number of aromatic nitrogens is 2. The molecule has 0 unspecified atom stereocenters. The van der Waals surface area contributed by atoms with Gasteiger partial charge in [-0.1, -0.05) is 26.8 Å². The van der Waals surface area contributed by atoms with Crippen molar-refractivity contribution in [1.29, 1.82) is 0 Å². The molecule has 2 nitrogen and oxygen atoms in total. The van der Waals surface area contributed by atoms with Crippen LogP contribution in [0.25, 0.3) is 5.65 Å². The van der Waals surface area contributed by atoms with Crippen molar-refractivity contribution in [3.8, 4) is 0 Å². The minimum absolute atomic E-state index is 0.108. The predicted octanol–water partition coefficient (Wildman–Crippen LogP) is 4.09. The molecule has 0 aliphatic carbocycles. The molecule has 0 N–H and O–H groups in total. The smallest absolute Gasteiger partial charge is 0.138 e. The van der Waals surface area contributed by atoms with Gasteiger partial charge in [0.05, 0.1) is 5.69 Å². The zero-order chi connectivity index (χ0) is 11.9. The SMILES string of the molecule is CCC(C)(C)c1nc2cccc(C)n2c1Br. The number of hydrogen-bond donors (Lipinski definition) is 0. The molecule has 0 radical (unpaired) electrons. The molecule has 0 fully saturated rings. The summed E-state index contributed by atoms with van der Waals surface area (Å²) in [6.45, 7) is 8.76. The highest BCUT2D eigenvalue weighted by Gasteiger charge is 2.25. The van der Waals surface area contributed by atoms with Crippen LogP contribution in [0.2, 0.25) is 0 Å². The second-order valence-corrected chi connectivity index (χ2v) is 5.60. The Morgan fingerprint density at radius 2 is 2.06 bits per heavy atom. The molecule has 2 aromatic heterocycles. The van der Waals surface area contributed by atoms with Gasteiger partial charge in [-0.25, -0.2) is 4.98 Å². The summed E-state index contributed by atoms with van der Waals surface area (Å²) in [5, 5.41) is 0. The normalized spacial score (nSPS) is 12.3. The number of hydrogen-bond acceptors (Lipinski definition) is 1.